The minimum Gasteiger partial charge on any atom is -0.481 e. The average molecular weight is 645 g/mol. The fraction of sp³-hybridized carbons (Fsp3) is 0.865. The van der Waals surface area contributed by atoms with Crippen LogP contribution in [0.25, 0.3) is 0 Å². The Bertz CT molecular complexity index is 1080. The van der Waals surface area contributed by atoms with Crippen LogP contribution in [0.2, 0.25) is 0 Å². The van der Waals surface area contributed by atoms with Gasteiger partial charge in [-0.05, 0) is 58.3 Å². The lowest BCUT2D eigenvalue weighted by atomic mass is 9.80. The van der Waals surface area contributed by atoms with Crippen molar-refractivity contribution >= 4 is 17.9 Å². The summed E-state index contributed by atoms with van der Waals surface area (Å²) in [6.07, 6.45) is 27.4. The van der Waals surface area contributed by atoms with E-state index in [1.54, 1.807) is 0 Å². The van der Waals surface area contributed by atoms with Crippen LogP contribution in [0, 0.1) is 5.92 Å². The number of hydrogen-bond donors (Lipinski definition) is 3. The van der Waals surface area contributed by atoms with E-state index in [1.807, 2.05) is 0 Å². The second-order valence-electron chi connectivity index (χ2n) is 14.8. The van der Waals surface area contributed by atoms with E-state index in [9.17, 15) is 9.59 Å². The molecule has 0 amide bonds. The Morgan fingerprint density at radius 1 is 0.935 bits per heavy atom. The van der Waals surface area contributed by atoms with Crippen molar-refractivity contribution < 1.29 is 33.5 Å². The molecule has 0 aromatic heterocycles. The van der Waals surface area contributed by atoms with E-state index >= 15 is 0 Å². The zero-order chi connectivity index (χ0) is 32.4. The molecule has 0 aromatic carbocycles. The molecule has 0 aliphatic carbocycles. The molecule has 9 nitrogen and oxygen atoms in total. The third-order valence-corrected chi connectivity index (χ3v) is 11.1. The zero-order valence-corrected chi connectivity index (χ0v) is 28.7. The van der Waals surface area contributed by atoms with E-state index in [2.05, 4.69) is 41.2 Å². The maximum atomic E-state index is 14.0. The summed E-state index contributed by atoms with van der Waals surface area (Å²) in [7, 11) is 0. The number of esters is 1. The van der Waals surface area contributed by atoms with Gasteiger partial charge in [-0.1, -0.05) is 83.3 Å². The number of aliphatic carboxylic acids is 1. The minimum atomic E-state index is -0.753. The lowest BCUT2D eigenvalue weighted by Crippen LogP contribution is -2.76. The number of carbonyl (C=O) groups is 2. The largest absolute Gasteiger partial charge is 0.481 e. The first kappa shape index (κ1) is 35.2. The van der Waals surface area contributed by atoms with Crippen molar-refractivity contribution in [2.75, 3.05) is 6.61 Å². The van der Waals surface area contributed by atoms with Crippen molar-refractivity contribution in [3.8, 4) is 0 Å². The third kappa shape index (κ3) is 8.86. The van der Waals surface area contributed by atoms with Gasteiger partial charge in [-0.15, -0.1) is 0 Å². The van der Waals surface area contributed by atoms with Crippen LogP contribution in [0.15, 0.2) is 12.2 Å². The summed E-state index contributed by atoms with van der Waals surface area (Å²) >= 11 is 0. The van der Waals surface area contributed by atoms with Crippen LogP contribution in [0.5, 0.6) is 0 Å². The Labute approximate surface area is 277 Å². The number of carboxylic acid groups (broad SMARTS) is 1. The number of nitrogens with zero attached hydrogens (tertiary/aromatic N) is 1. The monoisotopic (exact) mass is 644 g/mol. The van der Waals surface area contributed by atoms with Crippen LogP contribution >= 0.6 is 0 Å². The fourth-order valence-electron chi connectivity index (χ4n) is 8.80. The fourth-order valence-corrected chi connectivity index (χ4v) is 8.80. The maximum Gasteiger partial charge on any atom is 0.350 e. The number of rotatable bonds is 17. The lowest BCUT2D eigenvalue weighted by molar-refractivity contribution is -0.609. The van der Waals surface area contributed by atoms with Crippen molar-refractivity contribution in [3.05, 3.63) is 12.2 Å². The standard InChI is InChI=1S/C37H61N3O6/c1-3-30-20-15-16-24-36(46-30)27-29-22-23-31-33(37(25-18-19-28(2)45-37)39-35(38-36)40(29)31)34(43)44-26-17-13-11-9-7-5-4-6-8-10-12-14-21-32(41)42/h15,20,28-31,33H,3-14,16-19,21-27H2,1-2H3,(H2,38,39,41,42)/p+1/t28-,29+,30+,31-,33-,36+,37-/m1/s1. The van der Waals surface area contributed by atoms with Gasteiger partial charge in [-0.2, -0.15) is 0 Å². The molecule has 0 bridgehead atoms. The van der Waals surface area contributed by atoms with E-state index < -0.39 is 17.4 Å². The molecule has 5 heterocycles. The Kier molecular flexibility index (Phi) is 12.9. The molecule has 0 saturated carbocycles. The number of guanidine groups is 1. The molecule has 5 rings (SSSR count). The van der Waals surface area contributed by atoms with Crippen LogP contribution in [-0.2, 0) is 23.8 Å². The number of unbranched alkanes of at least 4 members (excludes halogenated alkanes) is 11. The van der Waals surface area contributed by atoms with E-state index in [0.29, 0.717) is 19.1 Å². The highest BCUT2D eigenvalue weighted by Crippen LogP contribution is 2.45. The molecule has 0 radical (unpaired) electrons. The van der Waals surface area contributed by atoms with Crippen LogP contribution in [-0.4, -0.2) is 69.9 Å². The molecule has 7 atom stereocenters. The summed E-state index contributed by atoms with van der Waals surface area (Å²) in [6.45, 7) is 4.80. The van der Waals surface area contributed by atoms with Crippen molar-refractivity contribution in [2.45, 2.75) is 191 Å². The molecule has 0 unspecified atom stereocenters. The van der Waals surface area contributed by atoms with Gasteiger partial charge in [-0.3, -0.25) is 14.2 Å². The lowest BCUT2D eigenvalue weighted by Gasteiger charge is -2.50. The number of ether oxygens (including phenoxy) is 3. The first-order valence-corrected chi connectivity index (χ1v) is 19.0. The molecule has 2 spiro atoms. The van der Waals surface area contributed by atoms with E-state index in [-0.39, 0.29) is 30.1 Å². The van der Waals surface area contributed by atoms with Crippen LogP contribution < -0.4 is 10.6 Å². The summed E-state index contributed by atoms with van der Waals surface area (Å²) in [5.41, 5.74) is -1.15. The van der Waals surface area contributed by atoms with Crippen LogP contribution in [0.3, 0.4) is 0 Å². The molecule has 3 N–H and O–H groups in total. The predicted molar refractivity (Wildman–Crippen MR) is 178 cm³/mol. The first-order chi connectivity index (χ1) is 22.3. The molecule has 9 heteroatoms. The smallest absolute Gasteiger partial charge is 0.350 e. The van der Waals surface area contributed by atoms with Gasteiger partial charge in [0.05, 0.1) is 30.9 Å². The van der Waals surface area contributed by atoms with E-state index in [4.69, 9.17) is 19.3 Å². The number of carbonyl (C=O) groups excluding carboxylic acids is 1. The Balaban J connectivity index is 1.08. The third-order valence-electron chi connectivity index (χ3n) is 11.1. The number of allylic oxidation sites excluding steroid dienone is 1. The zero-order valence-electron chi connectivity index (χ0n) is 28.7. The second kappa shape index (κ2) is 16.8. The molecule has 2 saturated heterocycles. The maximum absolute atomic E-state index is 14.0. The van der Waals surface area contributed by atoms with Gasteiger partial charge >= 0.3 is 17.9 Å². The molecule has 260 valence electrons. The van der Waals surface area contributed by atoms with Gasteiger partial charge in [0.1, 0.15) is 0 Å². The highest BCUT2D eigenvalue weighted by atomic mass is 16.6. The predicted octanol–water partition coefficient (Wildman–Crippen LogP) is 6.92. The van der Waals surface area contributed by atoms with Gasteiger partial charge in [0.15, 0.2) is 11.6 Å². The quantitative estimate of drug-likeness (QED) is 0.0678. The summed E-state index contributed by atoms with van der Waals surface area (Å²) in [5.74, 6) is -0.143. The van der Waals surface area contributed by atoms with Crippen LogP contribution in [0.1, 0.15) is 155 Å². The average Bonchev–Trinajstić information content (AvgIpc) is 3.33. The van der Waals surface area contributed by atoms with E-state index in [0.717, 1.165) is 95.9 Å². The van der Waals surface area contributed by atoms with Crippen molar-refractivity contribution in [2.24, 2.45) is 5.92 Å². The van der Waals surface area contributed by atoms with Gasteiger partial charge < -0.3 is 19.3 Å². The van der Waals surface area contributed by atoms with E-state index in [1.165, 1.54) is 44.9 Å². The normalized spacial score (nSPS) is 33.4. The Hall–Kier alpha value is -2.13. The Morgan fingerprint density at radius 3 is 2.30 bits per heavy atom. The summed E-state index contributed by atoms with van der Waals surface area (Å²) in [5, 5.41) is 16.4. The summed E-state index contributed by atoms with van der Waals surface area (Å²) in [4.78, 5) is 24.5. The molecular formula is C37H62N3O6+. The SMILES string of the molecule is CC[C@H]1C=CCC[C@@]2(C[C@@H]3CC[C@@H]4[C@H](C(=O)OCCCCCCCCCCCCCCC(=O)O)[C@]5(CCC[C@@H](C)O5)NC(=[N+]34)N2)O1. The second-order valence-corrected chi connectivity index (χ2v) is 14.8. The van der Waals surface area contributed by atoms with Crippen LogP contribution in [0.4, 0.5) is 0 Å². The molecule has 5 aliphatic heterocycles. The molecule has 5 aliphatic rings. The topological polar surface area (TPSA) is 109 Å². The molecular weight excluding hydrogens is 582 g/mol. The van der Waals surface area contributed by atoms with Crippen molar-refractivity contribution in [3.63, 3.8) is 0 Å². The van der Waals surface area contributed by atoms with Gasteiger partial charge in [0.25, 0.3) is 0 Å². The van der Waals surface area contributed by atoms with Crippen molar-refractivity contribution in [1.82, 2.24) is 10.6 Å². The summed E-state index contributed by atoms with van der Waals surface area (Å²) in [6, 6.07) is 0.404. The number of carboxylic acids is 1. The number of hydrogen-bond acceptors (Lipinski definition) is 7. The molecule has 46 heavy (non-hydrogen) atoms. The Morgan fingerprint density at radius 2 is 1.63 bits per heavy atom. The first-order valence-electron chi connectivity index (χ1n) is 19.0. The molecule has 2 fully saturated rings. The highest BCUT2D eigenvalue weighted by Gasteiger charge is 2.64. The van der Waals surface area contributed by atoms with Gasteiger partial charge in [-0.25, -0.2) is 10.6 Å². The van der Waals surface area contributed by atoms with Gasteiger partial charge in [0.2, 0.25) is 5.72 Å². The number of nitrogens with one attached hydrogen (secondary N) is 2. The summed E-state index contributed by atoms with van der Waals surface area (Å²) < 4.78 is 22.0. The minimum absolute atomic E-state index is 0.0690. The van der Waals surface area contributed by atoms with Gasteiger partial charge in [0, 0.05) is 25.7 Å². The molecule has 0 aromatic rings. The highest BCUT2D eigenvalue weighted by molar-refractivity contribution is 5.82. The van der Waals surface area contributed by atoms with Crippen molar-refractivity contribution in [1.29, 1.82) is 0 Å².